The van der Waals surface area contributed by atoms with Gasteiger partial charge in [0.25, 0.3) is 20.0 Å². The van der Waals surface area contributed by atoms with E-state index >= 15 is 0 Å². The standard InChI is InChI=1S/C25H26F2N2O4S2/c1-25(2,3)18-7-11-21(12-8-18)35(32,33)29-14-4-5-17-6-10-20(16-23(17)29)28-34(30,31)24-13-9-19(26)15-22(24)27/h6-13,15-16,28H,4-5,14H2,1-3H3. The largest absolute Gasteiger partial charge is 0.279 e. The molecule has 1 heterocycles. The zero-order valence-electron chi connectivity index (χ0n) is 19.5. The minimum absolute atomic E-state index is 0.0673. The first-order chi connectivity index (χ1) is 16.3. The normalized spacial score (nSPS) is 14.5. The maximum absolute atomic E-state index is 14.1. The van der Waals surface area contributed by atoms with Crippen molar-refractivity contribution in [1.29, 1.82) is 0 Å². The number of sulfonamides is 2. The van der Waals surface area contributed by atoms with Crippen LogP contribution >= 0.6 is 0 Å². The Balaban J connectivity index is 1.69. The van der Waals surface area contributed by atoms with Gasteiger partial charge in [-0.25, -0.2) is 25.6 Å². The summed E-state index contributed by atoms with van der Waals surface area (Å²) in [5.41, 5.74) is 2.05. The van der Waals surface area contributed by atoms with Crippen molar-refractivity contribution >= 4 is 31.4 Å². The average molecular weight is 521 g/mol. The molecule has 1 aliphatic heterocycles. The fourth-order valence-electron chi connectivity index (χ4n) is 4.01. The van der Waals surface area contributed by atoms with E-state index in [-0.39, 0.29) is 22.5 Å². The summed E-state index contributed by atoms with van der Waals surface area (Å²) in [5.74, 6) is -2.12. The maximum Gasteiger partial charge on any atom is 0.264 e. The molecule has 4 rings (SSSR count). The van der Waals surface area contributed by atoms with Crippen LogP contribution in [-0.4, -0.2) is 23.4 Å². The quantitative estimate of drug-likeness (QED) is 0.501. The van der Waals surface area contributed by atoms with Crippen molar-refractivity contribution in [2.24, 2.45) is 0 Å². The second-order valence-electron chi connectivity index (χ2n) is 9.48. The van der Waals surface area contributed by atoms with E-state index < -0.39 is 36.6 Å². The lowest BCUT2D eigenvalue weighted by Crippen LogP contribution is -2.35. The number of rotatable bonds is 5. The summed E-state index contributed by atoms with van der Waals surface area (Å²) in [6.07, 6.45) is 1.24. The zero-order chi connectivity index (χ0) is 25.6. The molecule has 0 spiro atoms. The number of fused-ring (bicyclic) bond motifs is 1. The van der Waals surface area contributed by atoms with Gasteiger partial charge in [0.15, 0.2) is 0 Å². The highest BCUT2D eigenvalue weighted by Gasteiger charge is 2.30. The van der Waals surface area contributed by atoms with E-state index in [1.807, 2.05) is 20.8 Å². The van der Waals surface area contributed by atoms with Crippen molar-refractivity contribution in [3.63, 3.8) is 0 Å². The van der Waals surface area contributed by atoms with Crippen molar-refractivity contribution < 1.29 is 25.6 Å². The predicted octanol–water partition coefficient (Wildman–Crippen LogP) is 5.20. The van der Waals surface area contributed by atoms with Crippen molar-refractivity contribution in [2.75, 3.05) is 15.6 Å². The first-order valence-corrected chi connectivity index (χ1v) is 14.0. The van der Waals surface area contributed by atoms with Crippen LogP contribution in [0.15, 0.2) is 70.5 Å². The van der Waals surface area contributed by atoms with Crippen molar-refractivity contribution in [2.45, 2.75) is 48.8 Å². The van der Waals surface area contributed by atoms with Gasteiger partial charge in [0, 0.05) is 12.6 Å². The molecule has 0 aromatic heterocycles. The number of aryl methyl sites for hydroxylation is 1. The van der Waals surface area contributed by atoms with E-state index in [4.69, 9.17) is 0 Å². The Morgan fingerprint density at radius 3 is 2.20 bits per heavy atom. The lowest BCUT2D eigenvalue weighted by Gasteiger charge is -2.31. The zero-order valence-corrected chi connectivity index (χ0v) is 21.2. The van der Waals surface area contributed by atoms with E-state index in [1.54, 1.807) is 30.3 Å². The van der Waals surface area contributed by atoms with Crippen LogP contribution in [0.1, 0.15) is 38.3 Å². The number of anilines is 2. The third-order valence-corrected chi connectivity index (χ3v) is 9.15. The van der Waals surface area contributed by atoms with Crippen LogP contribution in [0.4, 0.5) is 20.2 Å². The summed E-state index contributed by atoms with van der Waals surface area (Å²) < 4.78 is 83.3. The second kappa shape index (κ2) is 8.91. The van der Waals surface area contributed by atoms with Crippen LogP contribution in [0.25, 0.3) is 0 Å². The van der Waals surface area contributed by atoms with Crippen LogP contribution in [0.2, 0.25) is 0 Å². The summed E-state index contributed by atoms with van der Waals surface area (Å²) in [4.78, 5) is -0.572. The maximum atomic E-state index is 14.1. The number of nitrogens with one attached hydrogen (secondary N) is 1. The summed E-state index contributed by atoms with van der Waals surface area (Å²) in [5, 5.41) is 0. The SMILES string of the molecule is CC(C)(C)c1ccc(S(=O)(=O)N2CCCc3ccc(NS(=O)(=O)c4ccc(F)cc4F)cc32)cc1. The Hall–Kier alpha value is -2.98. The van der Waals surface area contributed by atoms with Gasteiger partial charge < -0.3 is 0 Å². The molecule has 0 saturated heterocycles. The van der Waals surface area contributed by atoms with Gasteiger partial charge in [-0.3, -0.25) is 9.03 Å². The van der Waals surface area contributed by atoms with Gasteiger partial charge in [-0.05, 0) is 65.8 Å². The van der Waals surface area contributed by atoms with Crippen LogP contribution in [0.3, 0.4) is 0 Å². The van der Waals surface area contributed by atoms with Crippen LogP contribution < -0.4 is 9.03 Å². The number of hydrogen-bond acceptors (Lipinski definition) is 4. The van der Waals surface area contributed by atoms with E-state index in [2.05, 4.69) is 4.72 Å². The first kappa shape index (κ1) is 25.1. The highest BCUT2D eigenvalue weighted by Crippen LogP contribution is 2.35. The highest BCUT2D eigenvalue weighted by molar-refractivity contribution is 7.93. The molecule has 6 nitrogen and oxygen atoms in total. The van der Waals surface area contributed by atoms with Crippen LogP contribution in [-0.2, 0) is 31.9 Å². The molecule has 1 N–H and O–H groups in total. The predicted molar refractivity (Wildman–Crippen MR) is 132 cm³/mol. The van der Waals surface area contributed by atoms with Gasteiger partial charge in [0.05, 0.1) is 16.3 Å². The first-order valence-electron chi connectivity index (χ1n) is 11.0. The average Bonchev–Trinajstić information content (AvgIpc) is 2.77. The molecule has 0 radical (unpaired) electrons. The molecule has 3 aromatic rings. The summed E-state index contributed by atoms with van der Waals surface area (Å²) >= 11 is 0. The Kier molecular flexibility index (Phi) is 6.39. The van der Waals surface area contributed by atoms with E-state index in [0.717, 1.165) is 23.3 Å². The summed E-state index contributed by atoms with van der Waals surface area (Å²) in [6.45, 7) is 6.35. The van der Waals surface area contributed by atoms with Crippen molar-refractivity contribution in [1.82, 2.24) is 0 Å². The molecule has 1 aliphatic rings. The molecule has 10 heteroatoms. The minimum Gasteiger partial charge on any atom is -0.279 e. The molecule has 0 atom stereocenters. The molecule has 0 fully saturated rings. The Morgan fingerprint density at radius 1 is 0.886 bits per heavy atom. The Bertz CT molecular complexity index is 1480. The van der Waals surface area contributed by atoms with Crippen molar-refractivity contribution in [3.05, 3.63) is 83.4 Å². The lowest BCUT2D eigenvalue weighted by molar-refractivity contribution is 0.551. The number of benzene rings is 3. The fraction of sp³-hybridized carbons (Fsp3) is 0.280. The van der Waals surface area contributed by atoms with Gasteiger partial charge in [-0.1, -0.05) is 39.0 Å². The molecular weight excluding hydrogens is 494 g/mol. The Morgan fingerprint density at radius 2 is 1.57 bits per heavy atom. The molecule has 0 saturated carbocycles. The molecular formula is C25H26F2N2O4S2. The van der Waals surface area contributed by atoms with Gasteiger partial charge in [0.1, 0.15) is 16.5 Å². The fourth-order valence-corrected chi connectivity index (χ4v) is 6.65. The number of hydrogen-bond donors (Lipinski definition) is 1. The molecule has 0 unspecified atom stereocenters. The van der Waals surface area contributed by atoms with Crippen LogP contribution in [0, 0.1) is 11.6 Å². The van der Waals surface area contributed by atoms with E-state index in [9.17, 15) is 25.6 Å². The molecule has 0 aliphatic carbocycles. The summed E-state index contributed by atoms with van der Waals surface area (Å²) in [6, 6.07) is 13.5. The summed E-state index contributed by atoms with van der Waals surface area (Å²) in [7, 11) is -8.28. The number of nitrogens with zero attached hydrogens (tertiary/aromatic N) is 1. The van der Waals surface area contributed by atoms with Gasteiger partial charge in [-0.2, -0.15) is 0 Å². The third kappa shape index (κ3) is 5.04. The highest BCUT2D eigenvalue weighted by atomic mass is 32.2. The second-order valence-corrected chi connectivity index (χ2v) is 13.0. The minimum atomic E-state index is -4.37. The Labute approximate surface area is 204 Å². The smallest absolute Gasteiger partial charge is 0.264 e. The van der Waals surface area contributed by atoms with Gasteiger partial charge in [-0.15, -0.1) is 0 Å². The lowest BCUT2D eigenvalue weighted by atomic mass is 9.87. The molecule has 0 amide bonds. The third-order valence-electron chi connectivity index (χ3n) is 5.91. The van der Waals surface area contributed by atoms with Crippen LogP contribution in [0.5, 0.6) is 0 Å². The topological polar surface area (TPSA) is 83.6 Å². The van der Waals surface area contributed by atoms with E-state index in [1.165, 1.54) is 16.4 Å². The molecule has 0 bridgehead atoms. The van der Waals surface area contributed by atoms with Gasteiger partial charge >= 0.3 is 0 Å². The molecule has 186 valence electrons. The van der Waals surface area contributed by atoms with Gasteiger partial charge in [0.2, 0.25) is 0 Å². The molecule has 35 heavy (non-hydrogen) atoms. The molecule has 3 aromatic carbocycles. The van der Waals surface area contributed by atoms with E-state index in [0.29, 0.717) is 24.6 Å². The van der Waals surface area contributed by atoms with Crippen molar-refractivity contribution in [3.8, 4) is 0 Å². The monoisotopic (exact) mass is 520 g/mol. The number of halogens is 2.